The summed E-state index contributed by atoms with van der Waals surface area (Å²) in [7, 11) is 0. The number of esters is 1. The van der Waals surface area contributed by atoms with Crippen molar-refractivity contribution in [3.8, 4) is 0 Å². The number of hydrogen-bond donors (Lipinski definition) is 0. The number of benzene rings is 1. The third-order valence-electron chi connectivity index (χ3n) is 2.63. The highest BCUT2D eigenvalue weighted by molar-refractivity contribution is 7.98. The number of carbonyl (C=O) groups excluding carboxylic acids is 2. The highest BCUT2D eigenvalue weighted by atomic mass is 32.2. The Morgan fingerprint density at radius 3 is 2.53 bits per heavy atom. The molecule has 0 saturated carbocycles. The Morgan fingerprint density at radius 2 is 1.95 bits per heavy atom. The van der Waals surface area contributed by atoms with Gasteiger partial charge in [-0.05, 0) is 32.2 Å². The molecule has 0 aromatic heterocycles. The van der Waals surface area contributed by atoms with Crippen molar-refractivity contribution in [2.75, 3.05) is 26.0 Å². The predicted octanol–water partition coefficient (Wildman–Crippen LogP) is 2.43. The molecule has 1 rings (SSSR count). The summed E-state index contributed by atoms with van der Waals surface area (Å²) in [5.74, 6) is -0.514. The zero-order chi connectivity index (χ0) is 14.3. The third kappa shape index (κ3) is 4.28. The molecule has 0 saturated heterocycles. The molecule has 5 heteroatoms. The number of carbonyl (C=O) groups is 2. The molecule has 1 aromatic carbocycles. The number of rotatable bonds is 6. The lowest BCUT2D eigenvalue weighted by Crippen LogP contribution is -2.36. The zero-order valence-corrected chi connectivity index (χ0v) is 12.3. The summed E-state index contributed by atoms with van der Waals surface area (Å²) in [5, 5.41) is 0. The fourth-order valence-electron chi connectivity index (χ4n) is 1.68. The van der Waals surface area contributed by atoms with Gasteiger partial charge in [-0.3, -0.25) is 9.59 Å². The van der Waals surface area contributed by atoms with Crippen LogP contribution in [-0.2, 0) is 9.53 Å². The van der Waals surface area contributed by atoms with Gasteiger partial charge < -0.3 is 9.64 Å². The average molecular weight is 281 g/mol. The second-order valence-corrected chi connectivity index (χ2v) is 4.67. The quantitative estimate of drug-likeness (QED) is 0.593. The van der Waals surface area contributed by atoms with E-state index in [0.29, 0.717) is 18.7 Å². The minimum absolute atomic E-state index is 0.00805. The summed E-state index contributed by atoms with van der Waals surface area (Å²) in [5.41, 5.74) is 0.626. The molecule has 0 heterocycles. The topological polar surface area (TPSA) is 46.6 Å². The minimum atomic E-state index is -0.376. The van der Waals surface area contributed by atoms with Crippen LogP contribution in [0.1, 0.15) is 24.2 Å². The van der Waals surface area contributed by atoms with Crippen molar-refractivity contribution in [1.82, 2.24) is 4.90 Å². The molecule has 0 atom stereocenters. The smallest absolute Gasteiger partial charge is 0.325 e. The second kappa shape index (κ2) is 7.84. The molecular weight excluding hydrogens is 262 g/mol. The Labute approximate surface area is 118 Å². The van der Waals surface area contributed by atoms with Crippen LogP contribution in [0.5, 0.6) is 0 Å². The molecule has 0 radical (unpaired) electrons. The van der Waals surface area contributed by atoms with Gasteiger partial charge in [0.2, 0.25) is 0 Å². The largest absolute Gasteiger partial charge is 0.465 e. The number of likely N-dealkylation sites (N-methyl/N-ethyl adjacent to an activating group) is 1. The summed E-state index contributed by atoms with van der Waals surface area (Å²) < 4.78 is 4.88. The van der Waals surface area contributed by atoms with Crippen molar-refractivity contribution in [2.24, 2.45) is 0 Å². The minimum Gasteiger partial charge on any atom is -0.465 e. The number of amides is 1. The fourth-order valence-corrected chi connectivity index (χ4v) is 2.27. The van der Waals surface area contributed by atoms with Gasteiger partial charge in [-0.25, -0.2) is 0 Å². The molecule has 0 spiro atoms. The third-order valence-corrected chi connectivity index (χ3v) is 3.43. The first-order valence-corrected chi connectivity index (χ1v) is 7.44. The van der Waals surface area contributed by atoms with Crippen molar-refractivity contribution in [1.29, 1.82) is 0 Å². The molecule has 19 heavy (non-hydrogen) atoms. The fraction of sp³-hybridized carbons (Fsp3) is 0.429. The maximum Gasteiger partial charge on any atom is 0.325 e. The number of hydrogen-bond acceptors (Lipinski definition) is 4. The molecule has 1 aromatic rings. The van der Waals surface area contributed by atoms with Gasteiger partial charge in [-0.1, -0.05) is 12.1 Å². The maximum absolute atomic E-state index is 12.4. The van der Waals surface area contributed by atoms with Gasteiger partial charge in [0, 0.05) is 11.4 Å². The van der Waals surface area contributed by atoms with E-state index in [9.17, 15) is 9.59 Å². The molecule has 0 fully saturated rings. The van der Waals surface area contributed by atoms with Crippen molar-refractivity contribution in [2.45, 2.75) is 18.7 Å². The molecule has 0 bridgehead atoms. The van der Waals surface area contributed by atoms with Crippen LogP contribution < -0.4 is 0 Å². The highest BCUT2D eigenvalue weighted by Gasteiger charge is 2.19. The molecule has 104 valence electrons. The van der Waals surface area contributed by atoms with Crippen LogP contribution in [0.15, 0.2) is 29.2 Å². The number of ether oxygens (including phenoxy) is 1. The average Bonchev–Trinajstić information content (AvgIpc) is 2.44. The van der Waals surface area contributed by atoms with Crippen LogP contribution in [0.3, 0.4) is 0 Å². The van der Waals surface area contributed by atoms with E-state index in [4.69, 9.17) is 4.74 Å². The summed E-state index contributed by atoms with van der Waals surface area (Å²) in [6, 6.07) is 7.40. The van der Waals surface area contributed by atoms with Gasteiger partial charge in [0.25, 0.3) is 5.91 Å². The Bertz CT molecular complexity index is 448. The maximum atomic E-state index is 12.4. The van der Waals surface area contributed by atoms with Crippen LogP contribution in [-0.4, -0.2) is 42.7 Å². The van der Waals surface area contributed by atoms with Crippen molar-refractivity contribution in [3.63, 3.8) is 0 Å². The molecular formula is C14H19NO3S. The van der Waals surface area contributed by atoms with Crippen LogP contribution in [0.2, 0.25) is 0 Å². The van der Waals surface area contributed by atoms with E-state index in [1.165, 1.54) is 16.7 Å². The first-order chi connectivity index (χ1) is 9.13. The lowest BCUT2D eigenvalue weighted by molar-refractivity contribution is -0.143. The Kier molecular flexibility index (Phi) is 6.42. The van der Waals surface area contributed by atoms with Crippen LogP contribution in [0, 0.1) is 0 Å². The van der Waals surface area contributed by atoms with E-state index in [-0.39, 0.29) is 18.4 Å². The van der Waals surface area contributed by atoms with E-state index in [1.54, 1.807) is 13.0 Å². The van der Waals surface area contributed by atoms with Gasteiger partial charge in [-0.15, -0.1) is 11.8 Å². The van der Waals surface area contributed by atoms with Crippen LogP contribution in [0.25, 0.3) is 0 Å². The summed E-state index contributed by atoms with van der Waals surface area (Å²) in [6.07, 6.45) is 1.92. The van der Waals surface area contributed by atoms with E-state index in [0.717, 1.165) is 4.90 Å². The standard InChI is InChI=1S/C14H19NO3S/c1-4-15(10-13(16)18-5-2)14(17)11-8-6-7-9-12(11)19-3/h6-9H,4-5,10H2,1-3H3. The van der Waals surface area contributed by atoms with Gasteiger partial charge >= 0.3 is 5.97 Å². The van der Waals surface area contributed by atoms with E-state index in [2.05, 4.69) is 0 Å². The lowest BCUT2D eigenvalue weighted by atomic mass is 10.2. The summed E-state index contributed by atoms with van der Waals surface area (Å²) in [6.45, 7) is 4.39. The van der Waals surface area contributed by atoms with Crippen molar-refractivity contribution < 1.29 is 14.3 Å². The highest BCUT2D eigenvalue weighted by Crippen LogP contribution is 2.21. The van der Waals surface area contributed by atoms with Gasteiger partial charge in [0.15, 0.2) is 0 Å². The molecule has 0 aliphatic carbocycles. The van der Waals surface area contributed by atoms with Crippen molar-refractivity contribution >= 4 is 23.6 Å². The lowest BCUT2D eigenvalue weighted by Gasteiger charge is -2.20. The monoisotopic (exact) mass is 281 g/mol. The number of nitrogens with zero attached hydrogens (tertiary/aromatic N) is 1. The van der Waals surface area contributed by atoms with Crippen LogP contribution >= 0.6 is 11.8 Å². The van der Waals surface area contributed by atoms with E-state index in [1.807, 2.05) is 31.4 Å². The van der Waals surface area contributed by atoms with Gasteiger partial charge in [0.1, 0.15) is 6.54 Å². The van der Waals surface area contributed by atoms with Gasteiger partial charge in [0.05, 0.1) is 12.2 Å². The molecule has 1 amide bonds. The van der Waals surface area contributed by atoms with Crippen LogP contribution in [0.4, 0.5) is 0 Å². The van der Waals surface area contributed by atoms with Gasteiger partial charge in [-0.2, -0.15) is 0 Å². The predicted molar refractivity (Wildman–Crippen MR) is 76.4 cm³/mol. The summed E-state index contributed by atoms with van der Waals surface area (Å²) in [4.78, 5) is 26.3. The molecule has 0 unspecified atom stereocenters. The SMILES string of the molecule is CCOC(=O)CN(CC)C(=O)c1ccccc1SC. The second-order valence-electron chi connectivity index (χ2n) is 3.82. The Morgan fingerprint density at radius 1 is 1.26 bits per heavy atom. The summed E-state index contributed by atoms with van der Waals surface area (Å²) >= 11 is 1.52. The van der Waals surface area contributed by atoms with E-state index >= 15 is 0 Å². The molecule has 0 aliphatic rings. The molecule has 0 aliphatic heterocycles. The zero-order valence-electron chi connectivity index (χ0n) is 11.5. The van der Waals surface area contributed by atoms with Crippen molar-refractivity contribution in [3.05, 3.63) is 29.8 Å². The number of thioether (sulfide) groups is 1. The first-order valence-electron chi connectivity index (χ1n) is 6.21. The first kappa shape index (κ1) is 15.6. The molecule has 4 nitrogen and oxygen atoms in total. The normalized spacial score (nSPS) is 10.1. The Hall–Kier alpha value is -1.49. The molecule has 0 N–H and O–H groups in total. The Balaban J connectivity index is 2.86. The van der Waals surface area contributed by atoms with E-state index < -0.39 is 0 Å².